The molecule has 0 fully saturated rings. The first kappa shape index (κ1) is 26.7. The summed E-state index contributed by atoms with van der Waals surface area (Å²) in [5, 5.41) is 24.5. The molecule has 3 aromatic rings. The van der Waals surface area contributed by atoms with E-state index in [-0.39, 0.29) is 50.4 Å². The molecule has 0 atom stereocenters. The number of phenolic OH excluding ortho intramolecular Hbond substituents is 2. The molecule has 1 aromatic heterocycles. The van der Waals surface area contributed by atoms with Crippen molar-refractivity contribution in [3.8, 4) is 23.0 Å². The number of aromatic nitrogens is 2. The maximum atomic E-state index is 14.1. The molecule has 0 bridgehead atoms. The largest absolute Gasteiger partial charge is 0.506 e. The molecule has 0 aliphatic rings. The molecule has 0 unspecified atom stereocenters. The second kappa shape index (κ2) is 12.2. The van der Waals surface area contributed by atoms with Gasteiger partial charge in [-0.15, -0.1) is 0 Å². The van der Waals surface area contributed by atoms with Crippen molar-refractivity contribution in [2.24, 2.45) is 5.10 Å². The van der Waals surface area contributed by atoms with E-state index in [0.717, 1.165) is 6.20 Å². The molecule has 0 saturated carbocycles. The van der Waals surface area contributed by atoms with Gasteiger partial charge in [0.05, 0.1) is 24.0 Å². The lowest BCUT2D eigenvalue weighted by atomic mass is 10.2. The topological polar surface area (TPSA) is 112 Å². The molecule has 0 spiro atoms. The minimum Gasteiger partial charge on any atom is -0.506 e. The number of aromatic hydroxyl groups is 2. The van der Waals surface area contributed by atoms with Gasteiger partial charge in [-0.2, -0.15) is 10.1 Å². The van der Waals surface area contributed by atoms with Gasteiger partial charge in [-0.25, -0.2) is 14.8 Å². The van der Waals surface area contributed by atoms with Crippen molar-refractivity contribution < 1.29 is 24.1 Å². The molecule has 0 radical (unpaired) electrons. The lowest BCUT2D eigenvalue weighted by molar-refractivity contribution is 0.154. The smallest absolute Gasteiger partial charge is 0.245 e. The van der Waals surface area contributed by atoms with E-state index in [4.69, 9.17) is 32.7 Å². The van der Waals surface area contributed by atoms with Crippen LogP contribution >= 0.6 is 39.1 Å². The number of rotatable bonds is 10. The SMILES string of the molecule is CCOCCN(C)c1nc(N/N=C\c2ccc(Oc3cc(Br)cc(Cl)c3O)c(Cl)c2O)ncc1F. The normalized spacial score (nSPS) is 11.1. The molecule has 0 aliphatic carbocycles. The van der Waals surface area contributed by atoms with Crippen molar-refractivity contribution >= 4 is 57.1 Å². The number of hydrogen-bond acceptors (Lipinski definition) is 9. The molecule has 186 valence electrons. The standard InChI is InChI=1S/C22H21BrCl2FN5O4/c1-3-34-7-6-31(2)21-15(26)11-27-22(29-21)30-28-10-12-4-5-16(18(25)19(12)32)35-17-9-13(23)8-14(24)20(17)33/h4-5,8-11,32-33H,3,6-7H2,1-2H3,(H,27,29,30)/b28-10-. The van der Waals surface area contributed by atoms with Gasteiger partial charge in [0.15, 0.2) is 23.1 Å². The zero-order valence-corrected chi connectivity index (χ0v) is 21.7. The van der Waals surface area contributed by atoms with E-state index in [0.29, 0.717) is 24.2 Å². The highest BCUT2D eigenvalue weighted by Gasteiger charge is 2.16. The molecule has 3 rings (SSSR count). The molecule has 2 aromatic carbocycles. The van der Waals surface area contributed by atoms with Gasteiger partial charge >= 0.3 is 0 Å². The minimum absolute atomic E-state index is 0.0456. The number of nitrogens with zero attached hydrogens (tertiary/aromatic N) is 4. The molecule has 0 aliphatic heterocycles. The van der Waals surface area contributed by atoms with Crippen molar-refractivity contribution in [1.82, 2.24) is 9.97 Å². The maximum absolute atomic E-state index is 14.1. The summed E-state index contributed by atoms with van der Waals surface area (Å²) < 4.78 is 25.6. The molecule has 0 saturated heterocycles. The number of ether oxygens (including phenoxy) is 2. The summed E-state index contributed by atoms with van der Waals surface area (Å²) in [6, 6.07) is 5.98. The lowest BCUT2D eigenvalue weighted by Gasteiger charge is -2.18. The fraction of sp³-hybridized carbons (Fsp3) is 0.227. The van der Waals surface area contributed by atoms with Crippen LogP contribution in [0.3, 0.4) is 0 Å². The number of nitrogens with one attached hydrogen (secondary N) is 1. The number of anilines is 2. The Morgan fingerprint density at radius 1 is 1.23 bits per heavy atom. The molecular weight excluding hydrogens is 568 g/mol. The Morgan fingerprint density at radius 2 is 2.00 bits per heavy atom. The van der Waals surface area contributed by atoms with Crippen LogP contribution in [0.4, 0.5) is 16.2 Å². The number of hydrogen-bond donors (Lipinski definition) is 3. The van der Waals surface area contributed by atoms with Crippen molar-refractivity contribution in [3.63, 3.8) is 0 Å². The van der Waals surface area contributed by atoms with Gasteiger partial charge in [0, 0.05) is 30.2 Å². The Hall–Kier alpha value is -2.86. The first-order valence-electron chi connectivity index (χ1n) is 10.2. The van der Waals surface area contributed by atoms with Crippen molar-refractivity contribution in [2.45, 2.75) is 6.92 Å². The number of benzene rings is 2. The first-order valence-corrected chi connectivity index (χ1v) is 11.7. The van der Waals surface area contributed by atoms with Crippen molar-refractivity contribution in [1.29, 1.82) is 0 Å². The predicted octanol–water partition coefficient (Wildman–Crippen LogP) is 5.81. The number of likely N-dealkylation sites (N-methyl/N-ethyl adjacent to an activating group) is 1. The summed E-state index contributed by atoms with van der Waals surface area (Å²) in [7, 11) is 1.68. The van der Waals surface area contributed by atoms with Gasteiger partial charge in [-0.3, -0.25) is 0 Å². The van der Waals surface area contributed by atoms with Crippen LogP contribution in [0.25, 0.3) is 0 Å². The average Bonchev–Trinajstić information content (AvgIpc) is 2.82. The quantitative estimate of drug-likeness (QED) is 0.155. The molecular formula is C22H21BrCl2FN5O4. The van der Waals surface area contributed by atoms with Crippen LogP contribution in [-0.2, 0) is 4.74 Å². The third-order valence-corrected chi connectivity index (χ3v) is 5.67. The summed E-state index contributed by atoms with van der Waals surface area (Å²) in [5.41, 5.74) is 2.84. The van der Waals surface area contributed by atoms with E-state index >= 15 is 0 Å². The fourth-order valence-electron chi connectivity index (χ4n) is 2.77. The van der Waals surface area contributed by atoms with Crippen LogP contribution in [0, 0.1) is 5.82 Å². The predicted molar refractivity (Wildman–Crippen MR) is 137 cm³/mol. The summed E-state index contributed by atoms with van der Waals surface area (Å²) in [4.78, 5) is 9.57. The summed E-state index contributed by atoms with van der Waals surface area (Å²) in [6.45, 7) is 3.30. The second-order valence-electron chi connectivity index (χ2n) is 7.01. The number of hydrazone groups is 1. The fourth-order valence-corrected chi connectivity index (χ4v) is 3.76. The van der Waals surface area contributed by atoms with Crippen LogP contribution in [-0.4, -0.2) is 53.2 Å². The van der Waals surface area contributed by atoms with E-state index in [1.54, 1.807) is 11.9 Å². The van der Waals surface area contributed by atoms with Crippen LogP contribution in [0.2, 0.25) is 10.0 Å². The lowest BCUT2D eigenvalue weighted by Crippen LogP contribution is -2.25. The average molecular weight is 589 g/mol. The van der Waals surface area contributed by atoms with Crippen LogP contribution in [0.15, 0.2) is 40.0 Å². The Labute approximate surface area is 219 Å². The van der Waals surface area contributed by atoms with E-state index in [2.05, 4.69) is 36.4 Å². The highest BCUT2D eigenvalue weighted by atomic mass is 79.9. The van der Waals surface area contributed by atoms with Gasteiger partial charge in [0.2, 0.25) is 5.95 Å². The second-order valence-corrected chi connectivity index (χ2v) is 8.71. The maximum Gasteiger partial charge on any atom is 0.245 e. The van der Waals surface area contributed by atoms with Crippen molar-refractivity contribution in [3.05, 3.63) is 56.4 Å². The summed E-state index contributed by atoms with van der Waals surface area (Å²) >= 11 is 15.4. The third-order valence-electron chi connectivity index (χ3n) is 4.56. The molecule has 0 amide bonds. The summed E-state index contributed by atoms with van der Waals surface area (Å²) in [5.74, 6) is -0.913. The number of phenols is 2. The minimum atomic E-state index is -0.587. The zero-order chi connectivity index (χ0) is 25.5. The molecule has 13 heteroatoms. The van der Waals surface area contributed by atoms with Gasteiger partial charge < -0.3 is 24.6 Å². The Bertz CT molecular complexity index is 1230. The monoisotopic (exact) mass is 587 g/mol. The first-order chi connectivity index (χ1) is 16.7. The highest BCUT2D eigenvalue weighted by molar-refractivity contribution is 9.10. The zero-order valence-electron chi connectivity index (χ0n) is 18.6. The Morgan fingerprint density at radius 3 is 2.74 bits per heavy atom. The third kappa shape index (κ3) is 6.85. The van der Waals surface area contributed by atoms with E-state index in [1.807, 2.05) is 6.92 Å². The van der Waals surface area contributed by atoms with Gasteiger partial charge in [0.1, 0.15) is 16.5 Å². The Balaban J connectivity index is 1.72. The molecule has 3 N–H and O–H groups in total. The van der Waals surface area contributed by atoms with Crippen LogP contribution < -0.4 is 15.1 Å². The van der Waals surface area contributed by atoms with E-state index in [1.165, 1.54) is 30.5 Å². The molecule has 9 nitrogen and oxygen atoms in total. The number of halogens is 4. The molecule has 35 heavy (non-hydrogen) atoms. The highest BCUT2D eigenvalue weighted by Crippen LogP contribution is 2.43. The van der Waals surface area contributed by atoms with Gasteiger partial charge in [0.25, 0.3) is 0 Å². The van der Waals surface area contributed by atoms with Gasteiger partial charge in [-0.05, 0) is 31.2 Å². The van der Waals surface area contributed by atoms with E-state index in [9.17, 15) is 14.6 Å². The Kier molecular flexibility index (Phi) is 9.33. The summed E-state index contributed by atoms with van der Waals surface area (Å²) in [6.07, 6.45) is 2.31. The van der Waals surface area contributed by atoms with E-state index < -0.39 is 5.82 Å². The van der Waals surface area contributed by atoms with Crippen LogP contribution in [0.1, 0.15) is 12.5 Å². The van der Waals surface area contributed by atoms with Crippen molar-refractivity contribution in [2.75, 3.05) is 37.1 Å². The molecule has 1 heterocycles. The van der Waals surface area contributed by atoms with Crippen LogP contribution in [0.5, 0.6) is 23.0 Å². The van der Waals surface area contributed by atoms with Gasteiger partial charge in [-0.1, -0.05) is 39.1 Å².